The van der Waals surface area contributed by atoms with E-state index >= 15 is 0 Å². The fourth-order valence-electron chi connectivity index (χ4n) is 1.75. The lowest BCUT2D eigenvalue weighted by Crippen LogP contribution is -2.41. The Balaban J connectivity index is 2.87. The van der Waals surface area contributed by atoms with Gasteiger partial charge in [-0.1, -0.05) is 0 Å². The van der Waals surface area contributed by atoms with Crippen molar-refractivity contribution in [1.82, 2.24) is 5.32 Å². The number of carboxylic acid groups (broad SMARTS) is 1. The van der Waals surface area contributed by atoms with Crippen molar-refractivity contribution in [2.24, 2.45) is 0 Å². The SMILES string of the molecule is CSCC[C@@H](NC(=O)c1ccc([N+](=O)[O-])cc1C)C(=O)O. The van der Waals surface area contributed by atoms with Gasteiger partial charge in [-0.3, -0.25) is 14.9 Å². The van der Waals surface area contributed by atoms with Gasteiger partial charge >= 0.3 is 5.97 Å². The first kappa shape index (κ1) is 17.0. The van der Waals surface area contributed by atoms with Crippen molar-refractivity contribution >= 4 is 29.3 Å². The molecule has 0 aromatic heterocycles. The number of carbonyl (C=O) groups is 2. The van der Waals surface area contributed by atoms with E-state index in [2.05, 4.69) is 5.32 Å². The molecule has 2 N–H and O–H groups in total. The maximum absolute atomic E-state index is 12.1. The van der Waals surface area contributed by atoms with Gasteiger partial charge in [-0.2, -0.15) is 11.8 Å². The van der Waals surface area contributed by atoms with Crippen LogP contribution < -0.4 is 5.32 Å². The molecule has 0 aliphatic heterocycles. The van der Waals surface area contributed by atoms with Gasteiger partial charge in [0, 0.05) is 17.7 Å². The van der Waals surface area contributed by atoms with E-state index in [1.807, 2.05) is 6.26 Å². The normalized spacial score (nSPS) is 11.7. The highest BCUT2D eigenvalue weighted by Crippen LogP contribution is 2.17. The molecule has 21 heavy (non-hydrogen) atoms. The summed E-state index contributed by atoms with van der Waals surface area (Å²) in [5, 5.41) is 22.1. The van der Waals surface area contributed by atoms with Crippen LogP contribution in [0.3, 0.4) is 0 Å². The summed E-state index contributed by atoms with van der Waals surface area (Å²) in [6.07, 6.45) is 2.16. The van der Waals surface area contributed by atoms with Crippen molar-refractivity contribution in [3.63, 3.8) is 0 Å². The second kappa shape index (κ2) is 7.63. The first-order chi connectivity index (χ1) is 9.86. The minimum atomic E-state index is -1.10. The van der Waals surface area contributed by atoms with Crippen molar-refractivity contribution in [2.75, 3.05) is 12.0 Å². The van der Waals surface area contributed by atoms with Gasteiger partial charge in [0.15, 0.2) is 0 Å². The zero-order valence-electron chi connectivity index (χ0n) is 11.7. The molecule has 0 aliphatic rings. The number of hydrogen-bond donors (Lipinski definition) is 2. The van der Waals surface area contributed by atoms with E-state index in [0.29, 0.717) is 17.7 Å². The average Bonchev–Trinajstić information content (AvgIpc) is 2.42. The van der Waals surface area contributed by atoms with E-state index < -0.39 is 22.8 Å². The lowest BCUT2D eigenvalue weighted by molar-refractivity contribution is -0.384. The Morgan fingerprint density at radius 3 is 2.62 bits per heavy atom. The molecule has 0 aliphatic carbocycles. The monoisotopic (exact) mass is 312 g/mol. The second-order valence-corrected chi connectivity index (χ2v) is 5.39. The van der Waals surface area contributed by atoms with Gasteiger partial charge in [-0.25, -0.2) is 4.79 Å². The number of non-ortho nitro benzene ring substituents is 1. The number of carboxylic acids is 1. The van der Waals surface area contributed by atoms with Crippen LogP contribution >= 0.6 is 11.8 Å². The number of amides is 1. The maximum atomic E-state index is 12.1. The number of nitrogens with one attached hydrogen (secondary N) is 1. The van der Waals surface area contributed by atoms with Gasteiger partial charge in [0.1, 0.15) is 6.04 Å². The highest BCUT2D eigenvalue weighted by molar-refractivity contribution is 7.98. The van der Waals surface area contributed by atoms with E-state index in [1.54, 1.807) is 6.92 Å². The molecule has 0 spiro atoms. The zero-order chi connectivity index (χ0) is 16.0. The van der Waals surface area contributed by atoms with E-state index in [9.17, 15) is 19.7 Å². The van der Waals surface area contributed by atoms with E-state index in [0.717, 1.165) is 0 Å². The summed E-state index contributed by atoms with van der Waals surface area (Å²) in [6.45, 7) is 1.57. The van der Waals surface area contributed by atoms with Crippen molar-refractivity contribution < 1.29 is 19.6 Å². The third-order valence-corrected chi connectivity index (χ3v) is 3.52. The molecule has 1 aromatic carbocycles. The summed E-state index contributed by atoms with van der Waals surface area (Å²) in [4.78, 5) is 33.3. The Morgan fingerprint density at radius 1 is 1.48 bits per heavy atom. The molecule has 0 fully saturated rings. The predicted molar refractivity (Wildman–Crippen MR) is 79.7 cm³/mol. The lowest BCUT2D eigenvalue weighted by Gasteiger charge is -2.14. The average molecular weight is 312 g/mol. The van der Waals surface area contributed by atoms with Crippen LogP contribution in [0.5, 0.6) is 0 Å². The number of thioether (sulfide) groups is 1. The standard InChI is InChI=1S/C13H16N2O5S/c1-8-7-9(15(19)20)3-4-10(8)12(16)14-11(13(17)18)5-6-21-2/h3-4,7,11H,5-6H2,1-2H3,(H,14,16)(H,17,18)/t11-/m1/s1. The van der Waals surface area contributed by atoms with Crippen LogP contribution in [0.4, 0.5) is 5.69 Å². The van der Waals surface area contributed by atoms with Crippen molar-refractivity contribution in [3.8, 4) is 0 Å². The predicted octanol–water partition coefficient (Wildman–Crippen LogP) is 1.84. The van der Waals surface area contributed by atoms with Gasteiger partial charge in [0.2, 0.25) is 0 Å². The van der Waals surface area contributed by atoms with Gasteiger partial charge in [0.05, 0.1) is 4.92 Å². The number of carbonyl (C=O) groups excluding carboxylic acids is 1. The second-order valence-electron chi connectivity index (χ2n) is 4.40. The Hall–Kier alpha value is -2.09. The van der Waals surface area contributed by atoms with Gasteiger partial charge in [0.25, 0.3) is 11.6 Å². The van der Waals surface area contributed by atoms with Crippen LogP contribution in [0, 0.1) is 17.0 Å². The topological polar surface area (TPSA) is 110 Å². The van der Waals surface area contributed by atoms with Crippen LogP contribution in [0.1, 0.15) is 22.3 Å². The number of nitro groups is 1. The number of nitrogens with zero attached hydrogens (tertiary/aromatic N) is 1. The molecule has 1 atom stereocenters. The molecule has 8 heteroatoms. The summed E-state index contributed by atoms with van der Waals surface area (Å²) in [5.41, 5.74) is 0.549. The Labute approximate surface area is 125 Å². The highest BCUT2D eigenvalue weighted by atomic mass is 32.2. The summed E-state index contributed by atoms with van der Waals surface area (Å²) < 4.78 is 0. The molecule has 1 amide bonds. The first-order valence-electron chi connectivity index (χ1n) is 6.14. The number of aliphatic carboxylic acids is 1. The summed E-state index contributed by atoms with van der Waals surface area (Å²) >= 11 is 1.49. The summed E-state index contributed by atoms with van der Waals surface area (Å²) in [5.74, 6) is -1.04. The summed E-state index contributed by atoms with van der Waals surface area (Å²) in [7, 11) is 0. The molecular formula is C13H16N2O5S. The van der Waals surface area contributed by atoms with Crippen molar-refractivity contribution in [1.29, 1.82) is 0 Å². The molecular weight excluding hydrogens is 296 g/mol. The van der Waals surface area contributed by atoms with Gasteiger partial charge < -0.3 is 10.4 Å². The van der Waals surface area contributed by atoms with E-state index in [-0.39, 0.29) is 11.3 Å². The number of benzene rings is 1. The minimum absolute atomic E-state index is 0.110. The van der Waals surface area contributed by atoms with Crippen LogP contribution in [0.15, 0.2) is 18.2 Å². The lowest BCUT2D eigenvalue weighted by atomic mass is 10.1. The molecule has 0 radical (unpaired) electrons. The fraction of sp³-hybridized carbons (Fsp3) is 0.385. The van der Waals surface area contributed by atoms with E-state index in [4.69, 9.17) is 5.11 Å². The van der Waals surface area contributed by atoms with Gasteiger partial charge in [-0.05, 0) is 37.0 Å². The molecule has 0 bridgehead atoms. The molecule has 114 valence electrons. The molecule has 1 rings (SSSR count). The number of aryl methyl sites for hydroxylation is 1. The molecule has 7 nitrogen and oxygen atoms in total. The van der Waals surface area contributed by atoms with Crippen LogP contribution in [-0.2, 0) is 4.79 Å². The Bertz CT molecular complexity index is 561. The highest BCUT2D eigenvalue weighted by Gasteiger charge is 2.21. The van der Waals surface area contributed by atoms with Crippen molar-refractivity contribution in [3.05, 3.63) is 39.4 Å². The molecule has 0 saturated carbocycles. The number of hydrogen-bond acceptors (Lipinski definition) is 5. The molecule has 0 saturated heterocycles. The molecule has 1 aromatic rings. The molecule has 0 unspecified atom stereocenters. The van der Waals surface area contributed by atoms with Gasteiger partial charge in [-0.15, -0.1) is 0 Å². The quantitative estimate of drug-likeness (QED) is 0.587. The first-order valence-corrected chi connectivity index (χ1v) is 7.54. The van der Waals surface area contributed by atoms with Crippen LogP contribution in [0.2, 0.25) is 0 Å². The number of nitro benzene ring substituents is 1. The smallest absolute Gasteiger partial charge is 0.326 e. The maximum Gasteiger partial charge on any atom is 0.326 e. The summed E-state index contributed by atoms with van der Waals surface area (Å²) in [6, 6.07) is 2.86. The zero-order valence-corrected chi connectivity index (χ0v) is 12.5. The van der Waals surface area contributed by atoms with Crippen LogP contribution in [0.25, 0.3) is 0 Å². The van der Waals surface area contributed by atoms with Crippen LogP contribution in [-0.4, -0.2) is 40.0 Å². The third kappa shape index (κ3) is 4.75. The van der Waals surface area contributed by atoms with Crippen molar-refractivity contribution in [2.45, 2.75) is 19.4 Å². The third-order valence-electron chi connectivity index (χ3n) is 2.88. The fourth-order valence-corrected chi connectivity index (χ4v) is 2.22. The largest absolute Gasteiger partial charge is 0.480 e. The Morgan fingerprint density at radius 2 is 2.14 bits per heavy atom. The Kier molecular flexibility index (Phi) is 6.16. The number of rotatable bonds is 7. The minimum Gasteiger partial charge on any atom is -0.480 e. The molecule has 0 heterocycles. The van der Waals surface area contributed by atoms with E-state index in [1.165, 1.54) is 30.0 Å².